The maximum absolute atomic E-state index is 11.8. The Kier molecular flexibility index (Phi) is 6.83. The van der Waals surface area contributed by atoms with Crippen LogP contribution < -0.4 is 21.6 Å². The van der Waals surface area contributed by atoms with E-state index in [9.17, 15) is 14.4 Å². The summed E-state index contributed by atoms with van der Waals surface area (Å²) in [4.78, 5) is 37.0. The van der Waals surface area contributed by atoms with E-state index < -0.39 is 5.69 Å². The quantitative estimate of drug-likeness (QED) is 0.468. The Morgan fingerprint density at radius 3 is 2.71 bits per heavy atom. The van der Waals surface area contributed by atoms with E-state index >= 15 is 0 Å². The van der Waals surface area contributed by atoms with Crippen LogP contribution in [0.3, 0.4) is 0 Å². The summed E-state index contributed by atoms with van der Waals surface area (Å²) in [6.07, 6.45) is 6.52. The van der Waals surface area contributed by atoms with Gasteiger partial charge in [0, 0.05) is 19.0 Å². The van der Waals surface area contributed by atoms with Crippen molar-refractivity contribution in [2.24, 2.45) is 0 Å². The third-order valence-electron chi connectivity index (χ3n) is 4.11. The van der Waals surface area contributed by atoms with Crippen LogP contribution in [0.5, 0.6) is 0 Å². The molecule has 0 aromatic carbocycles. The second kappa shape index (κ2) is 9.09. The molecule has 1 saturated carbocycles. The number of aromatic nitrogens is 3. The van der Waals surface area contributed by atoms with E-state index in [0.29, 0.717) is 25.2 Å². The van der Waals surface area contributed by atoms with Gasteiger partial charge in [-0.3, -0.25) is 9.78 Å². The number of hydrogen-bond acceptors (Lipinski definition) is 4. The number of carbonyl (C=O) groups excluding carboxylic acids is 2. The highest BCUT2D eigenvalue weighted by Gasteiger charge is 2.15. The van der Waals surface area contributed by atoms with E-state index in [2.05, 4.69) is 31.1 Å². The number of hydrogen-bond donors (Lipinski definition) is 5. The molecule has 1 atom stereocenters. The number of H-pyrrole nitrogens is 2. The van der Waals surface area contributed by atoms with E-state index in [1.165, 1.54) is 19.3 Å². The highest BCUT2D eigenvalue weighted by molar-refractivity contribution is 5.76. The summed E-state index contributed by atoms with van der Waals surface area (Å²) >= 11 is 0. The average molecular weight is 338 g/mol. The fraction of sp³-hybridized carbons (Fsp3) is 0.733. The maximum Gasteiger partial charge on any atom is 0.340 e. The fourth-order valence-corrected chi connectivity index (χ4v) is 2.80. The predicted octanol–water partition coefficient (Wildman–Crippen LogP) is 0.687. The Labute approximate surface area is 140 Å². The summed E-state index contributed by atoms with van der Waals surface area (Å²) < 4.78 is 0. The maximum atomic E-state index is 11.8. The predicted molar refractivity (Wildman–Crippen MR) is 88.4 cm³/mol. The molecule has 134 valence electrons. The second-order valence-electron chi connectivity index (χ2n) is 6.19. The Morgan fingerprint density at radius 2 is 2.04 bits per heavy atom. The first-order chi connectivity index (χ1) is 11.5. The van der Waals surface area contributed by atoms with Crippen molar-refractivity contribution in [1.29, 1.82) is 0 Å². The molecule has 1 heterocycles. The first-order valence-electron chi connectivity index (χ1n) is 8.53. The molecule has 2 rings (SSSR count). The lowest BCUT2D eigenvalue weighted by molar-refractivity contribution is -0.121. The Bertz CT molecular complexity index is 590. The Balaban J connectivity index is 1.57. The molecule has 0 aliphatic heterocycles. The molecule has 0 saturated heterocycles. The van der Waals surface area contributed by atoms with Gasteiger partial charge < -0.3 is 16.0 Å². The fourth-order valence-electron chi connectivity index (χ4n) is 2.80. The molecule has 5 N–H and O–H groups in total. The molecule has 1 aromatic heterocycles. The number of rotatable bonds is 7. The molecule has 0 radical (unpaired) electrons. The summed E-state index contributed by atoms with van der Waals surface area (Å²) in [5, 5.41) is 14.5. The number of amides is 3. The summed E-state index contributed by atoms with van der Waals surface area (Å²) in [6, 6.07) is -0.261. The van der Waals surface area contributed by atoms with Gasteiger partial charge in [-0.25, -0.2) is 14.7 Å². The first kappa shape index (κ1) is 18.0. The molecule has 9 heteroatoms. The summed E-state index contributed by atoms with van der Waals surface area (Å²) in [6.45, 7) is 2.18. The molecule has 24 heavy (non-hydrogen) atoms. The van der Waals surface area contributed by atoms with Crippen LogP contribution in [0.4, 0.5) is 4.79 Å². The number of aromatic amines is 2. The summed E-state index contributed by atoms with van der Waals surface area (Å²) in [7, 11) is 0. The monoisotopic (exact) mass is 338 g/mol. The lowest BCUT2D eigenvalue weighted by Gasteiger charge is -2.22. The van der Waals surface area contributed by atoms with Gasteiger partial charge in [0.05, 0.1) is 6.04 Å². The van der Waals surface area contributed by atoms with E-state index in [0.717, 1.165) is 12.8 Å². The van der Waals surface area contributed by atoms with Crippen LogP contribution in [0, 0.1) is 0 Å². The van der Waals surface area contributed by atoms with Crippen LogP contribution >= 0.6 is 0 Å². The smallest absolute Gasteiger partial charge is 0.340 e. The third kappa shape index (κ3) is 6.05. The van der Waals surface area contributed by atoms with Crippen molar-refractivity contribution < 1.29 is 9.59 Å². The van der Waals surface area contributed by atoms with Crippen molar-refractivity contribution >= 4 is 11.9 Å². The minimum Gasteiger partial charge on any atom is -0.346 e. The third-order valence-corrected chi connectivity index (χ3v) is 4.11. The zero-order valence-electron chi connectivity index (χ0n) is 14.0. The van der Waals surface area contributed by atoms with Crippen molar-refractivity contribution in [3.63, 3.8) is 0 Å². The Hall–Kier alpha value is -2.32. The number of nitrogens with one attached hydrogen (secondary N) is 5. The van der Waals surface area contributed by atoms with Crippen LogP contribution in [0.1, 0.15) is 63.7 Å². The van der Waals surface area contributed by atoms with Gasteiger partial charge in [0.15, 0.2) is 5.82 Å². The molecular weight excluding hydrogens is 312 g/mol. The van der Waals surface area contributed by atoms with E-state index in [1.54, 1.807) is 6.92 Å². The summed E-state index contributed by atoms with van der Waals surface area (Å²) in [5.74, 6) is 0.235. The molecule has 9 nitrogen and oxygen atoms in total. The normalized spacial score (nSPS) is 16.4. The molecule has 3 amide bonds. The largest absolute Gasteiger partial charge is 0.346 e. The number of carbonyl (C=O) groups is 2. The molecule has 1 unspecified atom stereocenters. The lowest BCUT2D eigenvalue weighted by Crippen LogP contribution is -2.43. The molecule has 1 fully saturated rings. The van der Waals surface area contributed by atoms with Gasteiger partial charge in [0.1, 0.15) is 0 Å². The number of nitrogens with zero attached hydrogens (tertiary/aromatic N) is 1. The van der Waals surface area contributed by atoms with Gasteiger partial charge in [0.25, 0.3) is 0 Å². The first-order valence-corrected chi connectivity index (χ1v) is 8.53. The highest BCUT2D eigenvalue weighted by Crippen LogP contribution is 2.17. The molecule has 1 aliphatic carbocycles. The molecular formula is C15H26N6O3. The van der Waals surface area contributed by atoms with Crippen LogP contribution in [0.2, 0.25) is 0 Å². The van der Waals surface area contributed by atoms with Gasteiger partial charge in [-0.1, -0.05) is 19.3 Å². The minimum absolute atomic E-state index is 0.152. The van der Waals surface area contributed by atoms with E-state index in [-0.39, 0.29) is 24.0 Å². The van der Waals surface area contributed by atoms with E-state index in [4.69, 9.17) is 0 Å². The van der Waals surface area contributed by atoms with Gasteiger partial charge in [-0.2, -0.15) is 5.10 Å². The Morgan fingerprint density at radius 1 is 1.29 bits per heavy atom. The van der Waals surface area contributed by atoms with Gasteiger partial charge in [-0.05, 0) is 26.2 Å². The average Bonchev–Trinajstić information content (AvgIpc) is 2.99. The standard InChI is InChI=1S/C15H26N6O3/c1-10(13-19-15(24)21-20-13)17-12(22)8-5-9-16-14(23)18-11-6-3-2-4-7-11/h10-11H,2-9H2,1H3,(H,17,22)(H2,16,18,23)(H2,19,20,21,24). The highest BCUT2D eigenvalue weighted by atomic mass is 16.2. The van der Waals surface area contributed by atoms with Crippen LogP contribution in [0.25, 0.3) is 0 Å². The molecule has 1 aromatic rings. The minimum atomic E-state index is -0.403. The topological polar surface area (TPSA) is 132 Å². The summed E-state index contributed by atoms with van der Waals surface area (Å²) in [5.41, 5.74) is -0.403. The van der Waals surface area contributed by atoms with Gasteiger partial charge in [-0.15, -0.1) is 0 Å². The van der Waals surface area contributed by atoms with Crippen molar-refractivity contribution in [2.75, 3.05) is 6.54 Å². The van der Waals surface area contributed by atoms with Crippen molar-refractivity contribution in [3.8, 4) is 0 Å². The van der Waals surface area contributed by atoms with Crippen molar-refractivity contribution in [1.82, 2.24) is 31.1 Å². The van der Waals surface area contributed by atoms with Crippen LogP contribution in [0.15, 0.2) is 4.79 Å². The van der Waals surface area contributed by atoms with Gasteiger partial charge in [0.2, 0.25) is 5.91 Å². The molecule has 0 spiro atoms. The van der Waals surface area contributed by atoms with Crippen molar-refractivity contribution in [3.05, 3.63) is 16.3 Å². The zero-order valence-corrected chi connectivity index (χ0v) is 14.0. The van der Waals surface area contributed by atoms with Crippen LogP contribution in [-0.2, 0) is 4.79 Å². The van der Waals surface area contributed by atoms with Gasteiger partial charge >= 0.3 is 11.7 Å². The zero-order chi connectivity index (χ0) is 17.4. The number of urea groups is 1. The van der Waals surface area contributed by atoms with Crippen LogP contribution in [-0.4, -0.2) is 39.7 Å². The lowest BCUT2D eigenvalue weighted by atomic mass is 9.96. The SMILES string of the molecule is CC(NC(=O)CCCNC(=O)NC1CCCCC1)c1n[nH]c(=O)[nH]1. The molecule has 1 aliphatic rings. The molecule has 0 bridgehead atoms. The second-order valence-corrected chi connectivity index (χ2v) is 6.19. The van der Waals surface area contributed by atoms with Crippen molar-refractivity contribution in [2.45, 2.75) is 64.0 Å². The van der Waals surface area contributed by atoms with E-state index in [1.807, 2.05) is 0 Å².